The molecular formula is C18H30O. The van der Waals surface area contributed by atoms with E-state index in [2.05, 4.69) is 33.8 Å². The maximum Gasteiger partial charge on any atom is 0.129 e. The van der Waals surface area contributed by atoms with Crippen LogP contribution in [0, 0.1) is 22.7 Å². The normalized spacial score (nSPS) is 42.5. The Labute approximate surface area is 118 Å². The second kappa shape index (κ2) is 5.07. The smallest absolute Gasteiger partial charge is 0.129 e. The number of ketones is 1. The van der Waals surface area contributed by atoms with Crippen molar-refractivity contribution in [1.29, 1.82) is 0 Å². The number of allylic oxidation sites excluding steroid dienone is 2. The molecule has 1 nitrogen and oxygen atoms in total. The fourth-order valence-electron chi connectivity index (χ4n) is 4.78. The third-order valence-corrected chi connectivity index (χ3v) is 6.61. The molecule has 1 heteroatoms. The Morgan fingerprint density at radius 3 is 2.68 bits per heavy atom. The van der Waals surface area contributed by atoms with E-state index < -0.39 is 0 Å². The number of hydrogen-bond donors (Lipinski definition) is 0. The highest BCUT2D eigenvalue weighted by molar-refractivity contribution is 5.75. The van der Waals surface area contributed by atoms with E-state index in [-0.39, 0.29) is 0 Å². The zero-order chi connectivity index (χ0) is 14.3. The van der Waals surface area contributed by atoms with Crippen molar-refractivity contribution in [2.75, 3.05) is 0 Å². The molecule has 0 radical (unpaired) electrons. The summed E-state index contributed by atoms with van der Waals surface area (Å²) in [6.45, 7) is 11.4. The Balaban J connectivity index is 2.30. The molecule has 0 aliphatic heterocycles. The second-order valence-corrected chi connectivity index (χ2v) is 7.58. The van der Waals surface area contributed by atoms with Crippen LogP contribution in [0.1, 0.15) is 73.1 Å². The lowest BCUT2D eigenvalue weighted by molar-refractivity contribution is -0.119. The Morgan fingerprint density at radius 2 is 2.05 bits per heavy atom. The molecule has 0 aromatic carbocycles. The van der Waals surface area contributed by atoms with Gasteiger partial charge in [-0.05, 0) is 68.6 Å². The fraction of sp³-hybridized carbons (Fsp3) is 0.833. The summed E-state index contributed by atoms with van der Waals surface area (Å²) in [6.07, 6.45) is 9.48. The first-order valence-electron chi connectivity index (χ1n) is 7.97. The van der Waals surface area contributed by atoms with E-state index in [4.69, 9.17) is 0 Å². The van der Waals surface area contributed by atoms with E-state index in [0.717, 1.165) is 24.7 Å². The van der Waals surface area contributed by atoms with Crippen LogP contribution in [0.25, 0.3) is 0 Å². The minimum atomic E-state index is 0.341. The Morgan fingerprint density at radius 1 is 1.37 bits per heavy atom. The minimum Gasteiger partial charge on any atom is -0.300 e. The van der Waals surface area contributed by atoms with E-state index in [1.165, 1.54) is 25.7 Å². The van der Waals surface area contributed by atoms with Crippen LogP contribution in [-0.2, 0) is 4.79 Å². The minimum absolute atomic E-state index is 0.341. The molecule has 2 rings (SSSR count). The molecule has 0 bridgehead atoms. The van der Waals surface area contributed by atoms with E-state index in [1.54, 1.807) is 12.5 Å². The van der Waals surface area contributed by atoms with Crippen LogP contribution < -0.4 is 0 Å². The lowest BCUT2D eigenvalue weighted by Crippen LogP contribution is -2.49. The molecule has 0 spiro atoms. The molecule has 4 atom stereocenters. The molecule has 2 aliphatic rings. The molecule has 0 amide bonds. The summed E-state index contributed by atoms with van der Waals surface area (Å²) in [5.41, 5.74) is 2.33. The first-order valence-corrected chi connectivity index (χ1v) is 7.97. The van der Waals surface area contributed by atoms with Gasteiger partial charge in [0.25, 0.3) is 0 Å². The predicted octanol–water partition coefficient (Wildman–Crippen LogP) is 5.15. The van der Waals surface area contributed by atoms with Crippen LogP contribution in [-0.4, -0.2) is 5.78 Å². The molecule has 2 aliphatic carbocycles. The molecule has 0 aromatic rings. The topological polar surface area (TPSA) is 17.1 Å². The van der Waals surface area contributed by atoms with E-state index >= 15 is 0 Å². The zero-order valence-electron chi connectivity index (χ0n) is 13.4. The molecule has 1 saturated carbocycles. The van der Waals surface area contributed by atoms with Gasteiger partial charge in [0.15, 0.2) is 0 Å². The maximum absolute atomic E-state index is 11.4. The van der Waals surface area contributed by atoms with Crippen LogP contribution in [0.5, 0.6) is 0 Å². The van der Waals surface area contributed by atoms with Crippen molar-refractivity contribution in [2.45, 2.75) is 73.1 Å². The predicted molar refractivity (Wildman–Crippen MR) is 81.0 cm³/mol. The monoisotopic (exact) mass is 262 g/mol. The molecule has 108 valence electrons. The van der Waals surface area contributed by atoms with Gasteiger partial charge in [0.1, 0.15) is 5.78 Å². The van der Waals surface area contributed by atoms with E-state index in [0.29, 0.717) is 16.6 Å². The Bertz CT molecular complexity index is 394. The summed E-state index contributed by atoms with van der Waals surface area (Å²) in [7, 11) is 0. The Kier molecular flexibility index (Phi) is 3.95. The largest absolute Gasteiger partial charge is 0.300 e. The summed E-state index contributed by atoms with van der Waals surface area (Å²) >= 11 is 0. The fourth-order valence-corrected chi connectivity index (χ4v) is 4.78. The second-order valence-electron chi connectivity index (χ2n) is 7.58. The van der Waals surface area contributed by atoms with Gasteiger partial charge in [-0.25, -0.2) is 0 Å². The average Bonchev–Trinajstić information content (AvgIpc) is 2.35. The lowest BCUT2D eigenvalue weighted by Gasteiger charge is -2.58. The zero-order valence-corrected chi connectivity index (χ0v) is 13.4. The van der Waals surface area contributed by atoms with Crippen LogP contribution in [0.4, 0.5) is 0 Å². The van der Waals surface area contributed by atoms with Gasteiger partial charge < -0.3 is 4.79 Å². The Hall–Kier alpha value is -0.590. The number of carbonyl (C=O) groups excluding carboxylic acids is 1. The van der Waals surface area contributed by atoms with E-state index in [1.807, 2.05) is 0 Å². The van der Waals surface area contributed by atoms with Gasteiger partial charge in [-0.15, -0.1) is 0 Å². The third-order valence-electron chi connectivity index (χ3n) is 6.61. The summed E-state index contributed by atoms with van der Waals surface area (Å²) in [5, 5.41) is 0. The lowest BCUT2D eigenvalue weighted by atomic mass is 9.47. The SMILES string of the molecule is CC(=O)CC[C@@]1(C)[C@H](C)CC[C@@]2(C)C(C)=CCC[C@H]12. The third kappa shape index (κ3) is 2.41. The quantitative estimate of drug-likeness (QED) is 0.642. The van der Waals surface area contributed by atoms with Crippen LogP contribution in [0.2, 0.25) is 0 Å². The molecule has 0 aromatic heterocycles. The molecule has 19 heavy (non-hydrogen) atoms. The van der Waals surface area contributed by atoms with Crippen molar-refractivity contribution < 1.29 is 4.79 Å². The molecule has 0 N–H and O–H groups in total. The highest BCUT2D eigenvalue weighted by atomic mass is 16.1. The van der Waals surface area contributed by atoms with Crippen molar-refractivity contribution in [3.8, 4) is 0 Å². The standard InChI is InChI=1S/C18H30O/c1-13-7-6-8-16-17(13,4)11-9-14(2)18(16,5)12-10-15(3)19/h7,14,16H,6,8-12H2,1-5H3/t14-,16+,17+,18+/m1/s1. The van der Waals surface area contributed by atoms with Gasteiger partial charge >= 0.3 is 0 Å². The van der Waals surface area contributed by atoms with Gasteiger partial charge in [-0.2, -0.15) is 0 Å². The van der Waals surface area contributed by atoms with Crippen molar-refractivity contribution >= 4 is 5.78 Å². The molecule has 0 unspecified atom stereocenters. The summed E-state index contributed by atoms with van der Waals surface area (Å²) in [5.74, 6) is 1.85. The highest BCUT2D eigenvalue weighted by Gasteiger charge is 2.52. The average molecular weight is 262 g/mol. The number of Topliss-reactive ketones (excluding diaryl/α,β-unsaturated/α-hetero) is 1. The first kappa shape index (κ1) is 14.8. The van der Waals surface area contributed by atoms with Crippen LogP contribution >= 0.6 is 0 Å². The van der Waals surface area contributed by atoms with Crippen molar-refractivity contribution in [1.82, 2.24) is 0 Å². The molecule has 0 saturated heterocycles. The van der Waals surface area contributed by atoms with Gasteiger partial charge in [0.2, 0.25) is 0 Å². The summed E-state index contributed by atoms with van der Waals surface area (Å²) in [6, 6.07) is 0. The van der Waals surface area contributed by atoms with Gasteiger partial charge in [-0.1, -0.05) is 32.4 Å². The van der Waals surface area contributed by atoms with Crippen molar-refractivity contribution in [2.24, 2.45) is 22.7 Å². The molecular weight excluding hydrogens is 232 g/mol. The van der Waals surface area contributed by atoms with Gasteiger partial charge in [0.05, 0.1) is 0 Å². The summed E-state index contributed by atoms with van der Waals surface area (Å²) < 4.78 is 0. The highest BCUT2D eigenvalue weighted by Crippen LogP contribution is 2.61. The maximum atomic E-state index is 11.4. The van der Waals surface area contributed by atoms with E-state index in [9.17, 15) is 4.79 Å². The summed E-state index contributed by atoms with van der Waals surface area (Å²) in [4.78, 5) is 11.4. The van der Waals surface area contributed by atoms with Crippen LogP contribution in [0.3, 0.4) is 0 Å². The molecule has 0 heterocycles. The van der Waals surface area contributed by atoms with Gasteiger partial charge in [-0.3, -0.25) is 0 Å². The molecule has 1 fully saturated rings. The number of carbonyl (C=O) groups is 1. The van der Waals surface area contributed by atoms with Crippen molar-refractivity contribution in [3.05, 3.63) is 11.6 Å². The van der Waals surface area contributed by atoms with Gasteiger partial charge in [0, 0.05) is 6.42 Å². The number of fused-ring (bicyclic) bond motifs is 1. The van der Waals surface area contributed by atoms with Crippen molar-refractivity contribution in [3.63, 3.8) is 0 Å². The number of rotatable bonds is 3. The first-order chi connectivity index (χ1) is 8.80. The van der Waals surface area contributed by atoms with Crippen LogP contribution in [0.15, 0.2) is 11.6 Å². The number of hydrogen-bond acceptors (Lipinski definition) is 1.